The van der Waals surface area contributed by atoms with Crippen LogP contribution in [0.3, 0.4) is 0 Å². The summed E-state index contributed by atoms with van der Waals surface area (Å²) in [7, 11) is -3.80. The van der Waals surface area contributed by atoms with Crippen LogP contribution in [0.4, 0.5) is 0 Å². The molecule has 0 aliphatic heterocycles. The molecule has 0 bridgehead atoms. The lowest BCUT2D eigenvalue weighted by Gasteiger charge is -2.16. The van der Waals surface area contributed by atoms with Crippen LogP contribution in [0.25, 0.3) is 16.4 Å². The Hall–Kier alpha value is -3.54. The molecule has 3 N–H and O–H groups in total. The van der Waals surface area contributed by atoms with Gasteiger partial charge < -0.3 is 9.84 Å². The van der Waals surface area contributed by atoms with Crippen LogP contribution in [-0.2, 0) is 22.9 Å². The van der Waals surface area contributed by atoms with Crippen molar-refractivity contribution in [1.82, 2.24) is 14.8 Å². The first kappa shape index (κ1) is 27.6. The van der Waals surface area contributed by atoms with E-state index in [2.05, 4.69) is 17.1 Å². The molecule has 41 heavy (non-hydrogen) atoms. The highest BCUT2D eigenvalue weighted by Crippen LogP contribution is 2.39. The van der Waals surface area contributed by atoms with Crippen LogP contribution in [0.5, 0.6) is 5.75 Å². The molecule has 2 heterocycles. The summed E-state index contributed by atoms with van der Waals surface area (Å²) in [6, 6.07) is 12.7. The molecule has 0 spiro atoms. The van der Waals surface area contributed by atoms with Crippen molar-refractivity contribution in [3.63, 3.8) is 0 Å². The number of carboxylic acid groups (broad SMARTS) is 1. The monoisotopic (exact) mass is 592 g/mol. The lowest BCUT2D eigenvalue weighted by Crippen LogP contribution is -2.12. The van der Waals surface area contributed by atoms with E-state index in [-0.39, 0.29) is 16.7 Å². The molecule has 4 aromatic rings. The van der Waals surface area contributed by atoms with Gasteiger partial charge in [-0.2, -0.15) is 5.10 Å². The molecule has 2 aliphatic carbocycles. The van der Waals surface area contributed by atoms with E-state index in [0.717, 1.165) is 71.5 Å². The van der Waals surface area contributed by atoms with E-state index >= 15 is 0 Å². The van der Waals surface area contributed by atoms with Crippen molar-refractivity contribution >= 4 is 27.3 Å². The summed E-state index contributed by atoms with van der Waals surface area (Å²) < 4.78 is 31.9. The highest BCUT2D eigenvalue weighted by Gasteiger charge is 2.30. The number of aromatic nitrogens is 3. The van der Waals surface area contributed by atoms with Crippen molar-refractivity contribution in [3.8, 4) is 22.1 Å². The number of rotatable bonds is 10. The Morgan fingerprint density at radius 3 is 2.49 bits per heavy atom. The predicted octanol–water partition coefficient (Wildman–Crippen LogP) is 5.51. The number of benzene rings is 2. The summed E-state index contributed by atoms with van der Waals surface area (Å²) in [4.78, 5) is 16.0. The van der Waals surface area contributed by atoms with Gasteiger partial charge in [0.05, 0.1) is 22.4 Å². The smallest absolute Gasteiger partial charge is 0.355 e. The second-order valence-corrected chi connectivity index (χ2v) is 13.4. The fourth-order valence-corrected chi connectivity index (χ4v) is 6.68. The first-order chi connectivity index (χ1) is 19.7. The van der Waals surface area contributed by atoms with E-state index in [4.69, 9.17) is 15.0 Å². The third-order valence-electron chi connectivity index (χ3n) is 7.85. The standard InChI is InChI=1S/C30H32N4O5S2/c1-18-6-11-21(16-27(18)39-22-4-2-3-5-22)28-24(14-19-9-12-23(13-10-19)41(31,37)38)26(15-20-7-8-20)34(33-28)30-32-25(17-40-30)29(35)36/h6,9-13,16-17,20,22H,2-5,7-8,14-15H2,1H3,(H,35,36)(H2,31,37,38). The molecule has 2 aliphatic rings. The molecule has 0 radical (unpaired) electrons. The summed E-state index contributed by atoms with van der Waals surface area (Å²) in [5, 5.41) is 21.9. The first-order valence-electron chi connectivity index (χ1n) is 13.8. The number of nitrogens with zero attached hydrogens (tertiary/aromatic N) is 3. The quantitative estimate of drug-likeness (QED) is 0.248. The van der Waals surface area contributed by atoms with Crippen LogP contribution >= 0.6 is 11.3 Å². The molecule has 0 unspecified atom stereocenters. The second-order valence-electron chi connectivity index (χ2n) is 11.0. The molecule has 2 aromatic heterocycles. The molecule has 6 rings (SSSR count). The lowest BCUT2D eigenvalue weighted by atomic mass is 9.96. The van der Waals surface area contributed by atoms with Gasteiger partial charge in [-0.05, 0) is 87.1 Å². The van der Waals surface area contributed by atoms with Gasteiger partial charge in [0.2, 0.25) is 15.2 Å². The van der Waals surface area contributed by atoms with E-state index in [1.165, 1.54) is 41.7 Å². The summed E-state index contributed by atoms with van der Waals surface area (Å²) in [5.74, 6) is 0.296. The average Bonchev–Trinajstić information content (AvgIpc) is 3.28. The molecule has 9 nitrogen and oxygen atoms in total. The van der Waals surface area contributed by atoms with Gasteiger partial charge in [-0.15, -0.1) is 11.3 Å². The van der Waals surface area contributed by atoms with E-state index in [9.17, 15) is 18.3 Å². The van der Waals surface area contributed by atoms with Gasteiger partial charge in [-0.3, -0.25) is 0 Å². The van der Waals surface area contributed by atoms with E-state index in [1.54, 1.807) is 16.8 Å². The van der Waals surface area contributed by atoms with Crippen molar-refractivity contribution in [1.29, 1.82) is 0 Å². The number of primary sulfonamides is 1. The fourth-order valence-electron chi connectivity index (χ4n) is 5.39. The summed E-state index contributed by atoms with van der Waals surface area (Å²) in [6.45, 7) is 2.04. The van der Waals surface area contributed by atoms with Crippen LogP contribution in [0.2, 0.25) is 0 Å². The number of thiazole rings is 1. The largest absolute Gasteiger partial charge is 0.490 e. The van der Waals surface area contributed by atoms with Gasteiger partial charge in [-0.1, -0.05) is 24.3 Å². The van der Waals surface area contributed by atoms with Crippen LogP contribution in [0, 0.1) is 12.8 Å². The highest BCUT2D eigenvalue weighted by molar-refractivity contribution is 7.89. The van der Waals surface area contributed by atoms with E-state index < -0.39 is 16.0 Å². The molecule has 2 aromatic carbocycles. The number of carboxylic acids is 1. The molecular weight excluding hydrogens is 560 g/mol. The fraction of sp³-hybridized carbons (Fsp3) is 0.367. The first-order valence-corrected chi connectivity index (χ1v) is 16.3. The molecule has 0 atom stereocenters. The summed E-state index contributed by atoms with van der Waals surface area (Å²) >= 11 is 1.25. The van der Waals surface area contributed by atoms with Crippen molar-refractivity contribution in [2.24, 2.45) is 11.1 Å². The molecule has 0 saturated heterocycles. The number of hydrogen-bond donors (Lipinski definition) is 2. The van der Waals surface area contributed by atoms with Gasteiger partial charge >= 0.3 is 5.97 Å². The zero-order chi connectivity index (χ0) is 28.7. The maximum Gasteiger partial charge on any atom is 0.355 e. The molecule has 2 saturated carbocycles. The van der Waals surface area contributed by atoms with Crippen LogP contribution in [-0.4, -0.2) is 40.4 Å². The Morgan fingerprint density at radius 1 is 1.12 bits per heavy atom. The molecule has 2 fully saturated rings. The number of ether oxygens (including phenoxy) is 1. The van der Waals surface area contributed by atoms with Gasteiger partial charge in [0.25, 0.3) is 0 Å². The van der Waals surface area contributed by atoms with Crippen LogP contribution in [0.1, 0.15) is 71.4 Å². The zero-order valence-electron chi connectivity index (χ0n) is 22.7. The topological polar surface area (TPSA) is 137 Å². The maximum atomic E-state index is 11.8. The zero-order valence-corrected chi connectivity index (χ0v) is 24.4. The van der Waals surface area contributed by atoms with Gasteiger partial charge in [0.1, 0.15) is 5.75 Å². The van der Waals surface area contributed by atoms with Gasteiger partial charge in [0.15, 0.2) is 5.69 Å². The second kappa shape index (κ2) is 11.0. The average molecular weight is 593 g/mol. The van der Waals surface area contributed by atoms with Crippen molar-refractivity contribution in [2.45, 2.75) is 69.3 Å². The van der Waals surface area contributed by atoms with Crippen LogP contribution < -0.4 is 9.88 Å². The maximum absolute atomic E-state index is 11.8. The Bertz CT molecular complexity index is 1700. The predicted molar refractivity (Wildman–Crippen MR) is 156 cm³/mol. The number of sulfonamides is 1. The molecule has 0 amide bonds. The van der Waals surface area contributed by atoms with Crippen molar-refractivity contribution in [2.75, 3.05) is 0 Å². The minimum Gasteiger partial charge on any atom is -0.490 e. The van der Waals surface area contributed by atoms with Crippen molar-refractivity contribution < 1.29 is 23.1 Å². The number of hydrogen-bond acceptors (Lipinski definition) is 7. The normalized spacial score (nSPS) is 15.9. The van der Waals surface area contributed by atoms with E-state index in [0.29, 0.717) is 17.5 Å². The SMILES string of the molecule is Cc1ccc(-c2nn(-c3nc(C(=O)O)cs3)c(CC3CC3)c2Cc2ccc(S(N)(=O)=O)cc2)cc1OC1CCCC1. The lowest BCUT2D eigenvalue weighted by molar-refractivity contribution is 0.0691. The highest BCUT2D eigenvalue weighted by atomic mass is 32.2. The molecule has 11 heteroatoms. The molecular formula is C30H32N4O5S2. The third kappa shape index (κ3) is 6.07. The Morgan fingerprint density at radius 2 is 1.85 bits per heavy atom. The number of aryl methyl sites for hydroxylation is 1. The van der Waals surface area contributed by atoms with Crippen LogP contribution in [0.15, 0.2) is 52.7 Å². The number of aromatic carboxylic acids is 1. The minimum atomic E-state index is -3.80. The Balaban J connectivity index is 1.47. The van der Waals surface area contributed by atoms with Gasteiger partial charge in [0, 0.05) is 22.9 Å². The summed E-state index contributed by atoms with van der Waals surface area (Å²) in [6.07, 6.45) is 8.24. The Labute approximate surface area is 243 Å². The molecule has 214 valence electrons. The summed E-state index contributed by atoms with van der Waals surface area (Å²) in [5.41, 5.74) is 5.64. The Kier molecular flexibility index (Phi) is 7.43. The third-order valence-corrected chi connectivity index (χ3v) is 9.60. The minimum absolute atomic E-state index is 0.0119. The number of carbonyl (C=O) groups is 1. The number of nitrogens with two attached hydrogens (primary N) is 1. The van der Waals surface area contributed by atoms with Gasteiger partial charge in [-0.25, -0.2) is 28.0 Å². The van der Waals surface area contributed by atoms with Crippen molar-refractivity contribution in [3.05, 3.63) is 75.9 Å². The van der Waals surface area contributed by atoms with E-state index in [1.807, 2.05) is 13.0 Å².